The smallest absolute Gasteiger partial charge is 0.262 e. The van der Waals surface area contributed by atoms with Crippen LogP contribution in [0.4, 0.5) is 5.69 Å². The number of pyridine rings is 1. The molecular formula is C20H19BrN2O4. The lowest BCUT2D eigenvalue weighted by Crippen LogP contribution is -2.21. The molecule has 0 aliphatic carbocycles. The van der Waals surface area contributed by atoms with Crippen LogP contribution in [0.5, 0.6) is 11.6 Å². The lowest BCUT2D eigenvalue weighted by molar-refractivity contribution is -0.118. The second-order valence-electron chi connectivity index (χ2n) is 5.69. The second-order valence-corrected chi connectivity index (χ2v) is 6.60. The SMILES string of the molecule is COCCOc1ncccc1NC(=O)COc1ccc2cc(Br)ccc2c1. The van der Waals surface area contributed by atoms with E-state index in [0.29, 0.717) is 30.5 Å². The number of hydrogen-bond acceptors (Lipinski definition) is 5. The van der Waals surface area contributed by atoms with Crippen molar-refractivity contribution in [3.8, 4) is 11.6 Å². The first-order valence-corrected chi connectivity index (χ1v) is 9.14. The van der Waals surface area contributed by atoms with Crippen molar-refractivity contribution in [1.29, 1.82) is 0 Å². The van der Waals surface area contributed by atoms with E-state index in [-0.39, 0.29) is 12.5 Å². The highest BCUT2D eigenvalue weighted by Gasteiger charge is 2.10. The maximum absolute atomic E-state index is 12.2. The van der Waals surface area contributed by atoms with E-state index in [4.69, 9.17) is 14.2 Å². The summed E-state index contributed by atoms with van der Waals surface area (Å²) in [5.74, 6) is 0.678. The number of amides is 1. The molecule has 0 atom stereocenters. The quantitative estimate of drug-likeness (QED) is 0.546. The van der Waals surface area contributed by atoms with Crippen LogP contribution < -0.4 is 14.8 Å². The van der Waals surface area contributed by atoms with Crippen molar-refractivity contribution < 1.29 is 19.0 Å². The standard InChI is InChI=1S/C20H19BrN2O4/c1-25-9-10-26-20-18(3-2-8-22-20)23-19(24)13-27-17-7-5-14-11-16(21)6-4-15(14)12-17/h2-8,11-12H,9-10,13H2,1H3,(H,23,24). The lowest BCUT2D eigenvalue weighted by atomic mass is 10.1. The minimum absolute atomic E-state index is 0.117. The van der Waals surface area contributed by atoms with Crippen LogP contribution in [-0.4, -0.2) is 37.8 Å². The lowest BCUT2D eigenvalue weighted by Gasteiger charge is -2.12. The van der Waals surface area contributed by atoms with Crippen LogP contribution >= 0.6 is 15.9 Å². The van der Waals surface area contributed by atoms with Gasteiger partial charge >= 0.3 is 0 Å². The summed E-state index contributed by atoms with van der Waals surface area (Å²) in [4.78, 5) is 16.4. The van der Waals surface area contributed by atoms with Crippen LogP contribution in [0.3, 0.4) is 0 Å². The number of nitrogens with zero attached hydrogens (tertiary/aromatic N) is 1. The molecule has 6 nitrogen and oxygen atoms in total. The molecule has 1 heterocycles. The molecule has 1 N–H and O–H groups in total. The normalized spacial score (nSPS) is 10.6. The largest absolute Gasteiger partial charge is 0.484 e. The molecule has 0 radical (unpaired) electrons. The van der Waals surface area contributed by atoms with E-state index >= 15 is 0 Å². The Morgan fingerprint density at radius 3 is 2.74 bits per heavy atom. The van der Waals surface area contributed by atoms with Gasteiger partial charge in [0, 0.05) is 17.8 Å². The number of carbonyl (C=O) groups excluding carboxylic acids is 1. The topological polar surface area (TPSA) is 69.7 Å². The zero-order chi connectivity index (χ0) is 19.1. The van der Waals surface area contributed by atoms with Crippen LogP contribution in [0.15, 0.2) is 59.2 Å². The van der Waals surface area contributed by atoms with Gasteiger partial charge in [-0.15, -0.1) is 0 Å². The summed E-state index contributed by atoms with van der Waals surface area (Å²) in [6, 6.07) is 15.1. The van der Waals surface area contributed by atoms with Crippen molar-refractivity contribution in [2.24, 2.45) is 0 Å². The number of carbonyl (C=O) groups is 1. The van der Waals surface area contributed by atoms with Gasteiger partial charge in [0.2, 0.25) is 5.88 Å². The molecule has 3 aromatic rings. The van der Waals surface area contributed by atoms with E-state index in [9.17, 15) is 4.79 Å². The molecule has 0 saturated heterocycles. The molecule has 7 heteroatoms. The van der Waals surface area contributed by atoms with Crippen LogP contribution in [0.1, 0.15) is 0 Å². The summed E-state index contributed by atoms with van der Waals surface area (Å²) < 4.78 is 17.1. The number of ether oxygens (including phenoxy) is 3. The third-order valence-electron chi connectivity index (χ3n) is 3.72. The van der Waals surface area contributed by atoms with Gasteiger partial charge in [-0.05, 0) is 47.2 Å². The number of hydrogen-bond donors (Lipinski definition) is 1. The van der Waals surface area contributed by atoms with E-state index in [0.717, 1.165) is 15.2 Å². The Labute approximate surface area is 165 Å². The van der Waals surface area contributed by atoms with E-state index in [2.05, 4.69) is 26.2 Å². The van der Waals surface area contributed by atoms with E-state index in [1.165, 1.54) is 0 Å². The molecule has 27 heavy (non-hydrogen) atoms. The predicted molar refractivity (Wildman–Crippen MR) is 107 cm³/mol. The van der Waals surface area contributed by atoms with Gasteiger partial charge in [0.15, 0.2) is 6.61 Å². The third kappa shape index (κ3) is 5.42. The summed E-state index contributed by atoms with van der Waals surface area (Å²) >= 11 is 3.45. The first-order chi connectivity index (χ1) is 13.2. The number of anilines is 1. The van der Waals surface area contributed by atoms with Gasteiger partial charge in [0.25, 0.3) is 5.91 Å². The van der Waals surface area contributed by atoms with Gasteiger partial charge in [-0.3, -0.25) is 4.79 Å². The van der Waals surface area contributed by atoms with Crippen molar-refractivity contribution in [2.75, 3.05) is 32.2 Å². The average molecular weight is 431 g/mol. The Balaban J connectivity index is 1.59. The molecule has 0 unspecified atom stereocenters. The highest BCUT2D eigenvalue weighted by molar-refractivity contribution is 9.10. The minimum Gasteiger partial charge on any atom is -0.484 e. The van der Waals surface area contributed by atoms with Gasteiger partial charge < -0.3 is 19.5 Å². The molecule has 0 aliphatic heterocycles. The van der Waals surface area contributed by atoms with E-state index in [1.807, 2.05) is 36.4 Å². The third-order valence-corrected chi connectivity index (χ3v) is 4.21. The number of aromatic nitrogens is 1. The first-order valence-electron chi connectivity index (χ1n) is 8.34. The summed E-state index contributed by atoms with van der Waals surface area (Å²) in [7, 11) is 1.59. The number of benzene rings is 2. The molecular weight excluding hydrogens is 412 g/mol. The highest BCUT2D eigenvalue weighted by atomic mass is 79.9. The van der Waals surface area contributed by atoms with Crippen molar-refractivity contribution in [2.45, 2.75) is 0 Å². The van der Waals surface area contributed by atoms with Crippen LogP contribution in [0.25, 0.3) is 10.8 Å². The molecule has 1 aromatic heterocycles. The number of rotatable bonds is 8. The molecule has 0 spiro atoms. The van der Waals surface area contributed by atoms with Gasteiger partial charge in [-0.1, -0.05) is 28.1 Å². The number of methoxy groups -OCH3 is 1. The number of halogens is 1. The Bertz CT molecular complexity index is 933. The fourth-order valence-corrected chi connectivity index (χ4v) is 2.82. The maximum atomic E-state index is 12.2. The number of nitrogens with one attached hydrogen (secondary N) is 1. The van der Waals surface area contributed by atoms with Gasteiger partial charge in [-0.2, -0.15) is 0 Å². The average Bonchev–Trinajstić information content (AvgIpc) is 2.68. The molecule has 0 saturated carbocycles. The molecule has 3 rings (SSSR count). The zero-order valence-electron chi connectivity index (χ0n) is 14.8. The van der Waals surface area contributed by atoms with Crippen LogP contribution in [0.2, 0.25) is 0 Å². The fourth-order valence-electron chi connectivity index (χ4n) is 2.44. The van der Waals surface area contributed by atoms with Crippen molar-refractivity contribution >= 4 is 38.3 Å². The highest BCUT2D eigenvalue weighted by Crippen LogP contribution is 2.24. The Hall–Kier alpha value is -2.64. The Morgan fingerprint density at radius 2 is 1.89 bits per heavy atom. The Kier molecular flexibility index (Phi) is 6.62. The van der Waals surface area contributed by atoms with Crippen molar-refractivity contribution in [3.05, 3.63) is 59.2 Å². The van der Waals surface area contributed by atoms with Crippen LogP contribution in [0, 0.1) is 0 Å². The summed E-state index contributed by atoms with van der Waals surface area (Å²) in [5.41, 5.74) is 0.491. The summed E-state index contributed by atoms with van der Waals surface area (Å²) in [6.45, 7) is 0.667. The minimum atomic E-state index is -0.296. The number of fused-ring (bicyclic) bond motifs is 1. The molecule has 1 amide bonds. The molecule has 0 aliphatic rings. The van der Waals surface area contributed by atoms with Crippen molar-refractivity contribution in [3.63, 3.8) is 0 Å². The van der Waals surface area contributed by atoms with E-state index < -0.39 is 0 Å². The molecule has 2 aromatic carbocycles. The first kappa shape index (κ1) is 19.1. The van der Waals surface area contributed by atoms with Crippen molar-refractivity contribution in [1.82, 2.24) is 4.98 Å². The monoisotopic (exact) mass is 430 g/mol. The predicted octanol–water partition coefficient (Wildman–Crippen LogP) is 4.04. The maximum Gasteiger partial charge on any atom is 0.262 e. The Morgan fingerprint density at radius 1 is 1.07 bits per heavy atom. The summed E-state index contributed by atoms with van der Waals surface area (Å²) in [5, 5.41) is 4.88. The van der Waals surface area contributed by atoms with Gasteiger partial charge in [-0.25, -0.2) is 4.98 Å². The fraction of sp³-hybridized carbons (Fsp3) is 0.200. The molecule has 0 bridgehead atoms. The van der Waals surface area contributed by atoms with E-state index in [1.54, 1.807) is 25.4 Å². The van der Waals surface area contributed by atoms with Gasteiger partial charge in [0.1, 0.15) is 18.0 Å². The van der Waals surface area contributed by atoms with Gasteiger partial charge in [0.05, 0.1) is 6.61 Å². The van der Waals surface area contributed by atoms with Crippen LogP contribution in [-0.2, 0) is 9.53 Å². The zero-order valence-corrected chi connectivity index (χ0v) is 16.4. The summed E-state index contributed by atoms with van der Waals surface area (Å²) in [6.07, 6.45) is 1.60. The molecule has 0 fully saturated rings. The second kappa shape index (κ2) is 9.34. The molecule has 140 valence electrons.